The van der Waals surface area contributed by atoms with Crippen molar-refractivity contribution in [1.82, 2.24) is 5.32 Å². The molecule has 1 aromatic carbocycles. The molecule has 1 amide bonds. The van der Waals surface area contributed by atoms with Crippen molar-refractivity contribution in [3.63, 3.8) is 0 Å². The number of ether oxygens (including phenoxy) is 1. The lowest BCUT2D eigenvalue weighted by atomic mass is 10.1. The van der Waals surface area contributed by atoms with Gasteiger partial charge in [-0.25, -0.2) is 14.0 Å². The zero-order valence-corrected chi connectivity index (χ0v) is 10.8. The van der Waals surface area contributed by atoms with E-state index in [9.17, 15) is 14.0 Å². The summed E-state index contributed by atoms with van der Waals surface area (Å²) in [6.45, 7) is 0.465. The quantitative estimate of drug-likeness (QED) is 0.658. The van der Waals surface area contributed by atoms with Gasteiger partial charge in [-0.2, -0.15) is 0 Å². The number of carboxylic acids is 1. The van der Waals surface area contributed by atoms with Crippen LogP contribution in [0.3, 0.4) is 0 Å². The van der Waals surface area contributed by atoms with Crippen molar-refractivity contribution in [1.29, 1.82) is 0 Å². The first-order valence-corrected chi connectivity index (χ1v) is 6.19. The molecule has 7 heteroatoms. The van der Waals surface area contributed by atoms with Crippen LogP contribution >= 0.6 is 0 Å². The molecule has 1 atom stereocenters. The Balaban J connectivity index is 2.48. The van der Waals surface area contributed by atoms with E-state index in [1.54, 1.807) is 0 Å². The first-order valence-electron chi connectivity index (χ1n) is 6.19. The number of carbonyl (C=O) groups is 2. The number of unbranched alkanes of at least 4 members (excludes halogenated alkanes) is 1. The van der Waals surface area contributed by atoms with E-state index in [0.717, 1.165) is 12.1 Å². The van der Waals surface area contributed by atoms with Crippen molar-refractivity contribution in [3.05, 3.63) is 30.1 Å². The fourth-order valence-corrected chi connectivity index (χ4v) is 1.53. The van der Waals surface area contributed by atoms with E-state index < -0.39 is 23.9 Å². The largest absolute Gasteiger partial charge is 0.480 e. The van der Waals surface area contributed by atoms with E-state index in [2.05, 4.69) is 5.32 Å². The first-order chi connectivity index (χ1) is 9.52. The van der Waals surface area contributed by atoms with Gasteiger partial charge in [0.15, 0.2) is 0 Å². The highest BCUT2D eigenvalue weighted by molar-refractivity contribution is 5.80. The van der Waals surface area contributed by atoms with Gasteiger partial charge in [0.05, 0.1) is 0 Å². The molecule has 0 unspecified atom stereocenters. The normalized spacial score (nSPS) is 11.7. The van der Waals surface area contributed by atoms with E-state index >= 15 is 0 Å². The Morgan fingerprint density at radius 1 is 1.30 bits per heavy atom. The van der Waals surface area contributed by atoms with E-state index in [4.69, 9.17) is 15.6 Å². The molecular formula is C13H17FN2O4. The van der Waals surface area contributed by atoms with Gasteiger partial charge in [0.25, 0.3) is 0 Å². The molecule has 4 N–H and O–H groups in total. The summed E-state index contributed by atoms with van der Waals surface area (Å²) in [5.74, 6) is -1.46. The maximum Gasteiger partial charge on any atom is 0.413 e. The summed E-state index contributed by atoms with van der Waals surface area (Å²) in [7, 11) is 0. The zero-order chi connectivity index (χ0) is 15.0. The van der Waals surface area contributed by atoms with Gasteiger partial charge in [-0.1, -0.05) is 0 Å². The molecule has 1 rings (SSSR count). The Bertz CT molecular complexity index is 450. The van der Waals surface area contributed by atoms with Gasteiger partial charge in [0, 0.05) is 0 Å². The molecule has 0 heterocycles. The monoisotopic (exact) mass is 284 g/mol. The number of nitrogens with two attached hydrogens (primary N) is 1. The number of nitrogens with one attached hydrogen (secondary N) is 1. The lowest BCUT2D eigenvalue weighted by Gasteiger charge is -2.14. The number of benzene rings is 1. The topological polar surface area (TPSA) is 102 Å². The maximum absolute atomic E-state index is 12.7. The lowest BCUT2D eigenvalue weighted by Crippen LogP contribution is -2.42. The van der Waals surface area contributed by atoms with Gasteiger partial charge in [0.1, 0.15) is 17.6 Å². The minimum atomic E-state index is -1.14. The summed E-state index contributed by atoms with van der Waals surface area (Å²) in [6.07, 6.45) is 0.644. The molecule has 0 saturated carbocycles. The van der Waals surface area contributed by atoms with Crippen molar-refractivity contribution in [3.8, 4) is 5.75 Å². The second-order valence-corrected chi connectivity index (χ2v) is 4.16. The summed E-state index contributed by atoms with van der Waals surface area (Å²) in [4.78, 5) is 22.5. The van der Waals surface area contributed by atoms with E-state index in [0.29, 0.717) is 19.4 Å². The Kier molecular flexibility index (Phi) is 6.45. The number of carboxylic acid groups (broad SMARTS) is 1. The maximum atomic E-state index is 12.7. The molecule has 0 aromatic heterocycles. The Morgan fingerprint density at radius 3 is 2.50 bits per heavy atom. The van der Waals surface area contributed by atoms with E-state index in [1.165, 1.54) is 12.1 Å². The average molecular weight is 284 g/mol. The minimum Gasteiger partial charge on any atom is -0.480 e. The molecule has 110 valence electrons. The Morgan fingerprint density at radius 2 is 1.95 bits per heavy atom. The van der Waals surface area contributed by atoms with Crippen LogP contribution in [0.25, 0.3) is 0 Å². The molecule has 0 radical (unpaired) electrons. The molecule has 0 spiro atoms. The number of halogens is 1. The number of amides is 1. The van der Waals surface area contributed by atoms with Crippen molar-refractivity contribution in [2.45, 2.75) is 25.3 Å². The predicted octanol–water partition coefficient (Wildman–Crippen LogP) is 1.50. The SMILES string of the molecule is NCCCC[C@H](NC(=O)Oc1ccc(F)cc1)C(=O)O. The molecule has 20 heavy (non-hydrogen) atoms. The third-order valence-electron chi connectivity index (χ3n) is 2.56. The Hall–Kier alpha value is -2.15. The van der Waals surface area contributed by atoms with Gasteiger partial charge >= 0.3 is 12.1 Å². The summed E-state index contributed by atoms with van der Waals surface area (Å²) >= 11 is 0. The second kappa shape index (κ2) is 8.11. The Labute approximate surface area is 115 Å². The predicted molar refractivity (Wildman–Crippen MR) is 69.9 cm³/mol. The van der Waals surface area contributed by atoms with Crippen molar-refractivity contribution in [2.24, 2.45) is 5.73 Å². The highest BCUT2D eigenvalue weighted by Crippen LogP contribution is 2.11. The van der Waals surface area contributed by atoms with Gasteiger partial charge in [-0.15, -0.1) is 0 Å². The van der Waals surface area contributed by atoms with Gasteiger partial charge in [-0.3, -0.25) is 0 Å². The fraction of sp³-hybridized carbons (Fsp3) is 0.385. The van der Waals surface area contributed by atoms with Crippen LogP contribution in [0, 0.1) is 5.82 Å². The van der Waals surface area contributed by atoms with Crippen LogP contribution in [0.5, 0.6) is 5.75 Å². The first kappa shape index (κ1) is 15.9. The van der Waals surface area contributed by atoms with Crippen molar-refractivity contribution >= 4 is 12.1 Å². The zero-order valence-electron chi connectivity index (χ0n) is 10.8. The van der Waals surface area contributed by atoms with Gasteiger partial charge in [0.2, 0.25) is 0 Å². The third kappa shape index (κ3) is 5.66. The minimum absolute atomic E-state index is 0.134. The third-order valence-corrected chi connectivity index (χ3v) is 2.56. The summed E-state index contributed by atoms with van der Waals surface area (Å²) in [5.41, 5.74) is 5.32. The number of hydrogen-bond acceptors (Lipinski definition) is 4. The van der Waals surface area contributed by atoms with Crippen molar-refractivity contribution < 1.29 is 23.8 Å². The molecule has 0 aliphatic carbocycles. The van der Waals surface area contributed by atoms with Crippen LogP contribution in [-0.4, -0.2) is 29.8 Å². The number of rotatable bonds is 7. The van der Waals surface area contributed by atoms with E-state index in [-0.39, 0.29) is 12.2 Å². The molecule has 0 bridgehead atoms. The molecule has 6 nitrogen and oxygen atoms in total. The van der Waals surface area contributed by atoms with Crippen LogP contribution in [-0.2, 0) is 4.79 Å². The summed E-state index contributed by atoms with van der Waals surface area (Å²) in [5, 5.41) is 11.2. The lowest BCUT2D eigenvalue weighted by molar-refractivity contribution is -0.139. The number of hydrogen-bond donors (Lipinski definition) is 3. The molecular weight excluding hydrogens is 267 g/mol. The van der Waals surface area contributed by atoms with Crippen LogP contribution in [0.4, 0.5) is 9.18 Å². The number of carbonyl (C=O) groups excluding carboxylic acids is 1. The summed E-state index contributed by atoms with van der Waals surface area (Å²) in [6, 6.07) is 3.80. The van der Waals surface area contributed by atoms with Crippen LogP contribution in [0.15, 0.2) is 24.3 Å². The number of aliphatic carboxylic acids is 1. The standard InChI is InChI=1S/C13H17FN2O4/c14-9-4-6-10(7-5-9)20-13(19)16-11(12(17)18)3-1-2-8-15/h4-7,11H,1-3,8,15H2,(H,16,19)(H,17,18)/t11-/m0/s1. The van der Waals surface area contributed by atoms with Gasteiger partial charge < -0.3 is 20.9 Å². The summed E-state index contributed by atoms with van der Waals surface area (Å²) < 4.78 is 17.5. The molecule has 0 aliphatic heterocycles. The highest BCUT2D eigenvalue weighted by atomic mass is 19.1. The smallest absolute Gasteiger partial charge is 0.413 e. The molecule has 0 aliphatic rings. The van der Waals surface area contributed by atoms with Crippen LogP contribution in [0.1, 0.15) is 19.3 Å². The van der Waals surface area contributed by atoms with Gasteiger partial charge in [-0.05, 0) is 50.1 Å². The van der Waals surface area contributed by atoms with E-state index in [1.807, 2.05) is 0 Å². The second-order valence-electron chi connectivity index (χ2n) is 4.16. The van der Waals surface area contributed by atoms with Crippen LogP contribution in [0.2, 0.25) is 0 Å². The molecule has 0 fully saturated rings. The van der Waals surface area contributed by atoms with Crippen LogP contribution < -0.4 is 15.8 Å². The highest BCUT2D eigenvalue weighted by Gasteiger charge is 2.20. The molecule has 0 saturated heterocycles. The van der Waals surface area contributed by atoms with Crippen molar-refractivity contribution in [2.75, 3.05) is 6.54 Å². The molecule has 1 aromatic rings. The average Bonchev–Trinajstić information content (AvgIpc) is 2.40. The fourth-order valence-electron chi connectivity index (χ4n) is 1.53.